The van der Waals surface area contributed by atoms with Gasteiger partial charge < -0.3 is 9.80 Å². The second kappa shape index (κ2) is 6.80. The zero-order valence-corrected chi connectivity index (χ0v) is 15.1. The van der Waals surface area contributed by atoms with Crippen molar-refractivity contribution in [1.82, 2.24) is 14.8 Å². The topological polar surface area (TPSA) is 53.5 Å². The molecular formula is C16H16BrN3O2S. The highest BCUT2D eigenvalue weighted by Crippen LogP contribution is 2.16. The van der Waals surface area contributed by atoms with Gasteiger partial charge >= 0.3 is 0 Å². The van der Waals surface area contributed by atoms with Crippen LogP contribution in [0.2, 0.25) is 0 Å². The van der Waals surface area contributed by atoms with Gasteiger partial charge in [-0.25, -0.2) is 4.98 Å². The number of carbonyl (C=O) groups excluding carboxylic acids is 2. The number of halogens is 1. The summed E-state index contributed by atoms with van der Waals surface area (Å²) in [5, 5.41) is 2.67. The molecule has 5 nitrogen and oxygen atoms in total. The number of thiazole rings is 1. The molecule has 1 aliphatic rings. The lowest BCUT2D eigenvalue weighted by atomic mass is 10.2. The van der Waals surface area contributed by atoms with Gasteiger partial charge in [-0.05, 0) is 25.1 Å². The molecule has 0 atom stereocenters. The largest absolute Gasteiger partial charge is 0.335 e. The van der Waals surface area contributed by atoms with E-state index in [1.807, 2.05) is 31.2 Å². The second-order valence-electron chi connectivity index (χ2n) is 5.35. The predicted octanol–water partition coefficient (Wildman–Crippen LogP) is 2.81. The third kappa shape index (κ3) is 3.61. The van der Waals surface area contributed by atoms with Crippen molar-refractivity contribution in [2.45, 2.75) is 6.92 Å². The molecule has 23 heavy (non-hydrogen) atoms. The van der Waals surface area contributed by atoms with Gasteiger partial charge in [0, 0.05) is 41.6 Å². The van der Waals surface area contributed by atoms with Crippen LogP contribution in [0.25, 0.3) is 0 Å². The minimum Gasteiger partial charge on any atom is -0.335 e. The van der Waals surface area contributed by atoms with Crippen LogP contribution in [0.3, 0.4) is 0 Å². The van der Waals surface area contributed by atoms with Gasteiger partial charge in [-0.3, -0.25) is 9.59 Å². The molecule has 1 saturated heterocycles. The van der Waals surface area contributed by atoms with Gasteiger partial charge in [0.05, 0.1) is 5.01 Å². The minimum absolute atomic E-state index is 0.00269. The van der Waals surface area contributed by atoms with Gasteiger partial charge in [0.25, 0.3) is 11.8 Å². The van der Waals surface area contributed by atoms with Gasteiger partial charge in [0.15, 0.2) is 0 Å². The van der Waals surface area contributed by atoms with E-state index in [2.05, 4.69) is 20.9 Å². The third-order valence-corrected chi connectivity index (χ3v) is 5.03. The Morgan fingerprint density at radius 2 is 1.78 bits per heavy atom. The quantitative estimate of drug-likeness (QED) is 0.787. The minimum atomic E-state index is -0.0519. The van der Waals surface area contributed by atoms with Crippen LogP contribution in [0.5, 0.6) is 0 Å². The first-order valence-corrected chi connectivity index (χ1v) is 8.98. The van der Waals surface area contributed by atoms with Crippen LogP contribution < -0.4 is 0 Å². The average molecular weight is 394 g/mol. The van der Waals surface area contributed by atoms with Crippen molar-refractivity contribution in [3.05, 3.63) is 50.4 Å². The number of hydrogen-bond acceptors (Lipinski definition) is 4. The fourth-order valence-electron chi connectivity index (χ4n) is 2.54. The molecule has 0 saturated carbocycles. The van der Waals surface area contributed by atoms with Crippen molar-refractivity contribution in [2.24, 2.45) is 0 Å². The van der Waals surface area contributed by atoms with E-state index in [-0.39, 0.29) is 11.8 Å². The van der Waals surface area contributed by atoms with E-state index in [0.717, 1.165) is 9.48 Å². The summed E-state index contributed by atoms with van der Waals surface area (Å²) in [7, 11) is 0. The first-order valence-electron chi connectivity index (χ1n) is 7.31. The Bertz CT molecular complexity index is 738. The van der Waals surface area contributed by atoms with Crippen LogP contribution in [-0.2, 0) is 0 Å². The lowest BCUT2D eigenvalue weighted by molar-refractivity contribution is 0.0532. The van der Waals surface area contributed by atoms with E-state index < -0.39 is 0 Å². The number of amides is 2. The van der Waals surface area contributed by atoms with E-state index in [4.69, 9.17) is 0 Å². The van der Waals surface area contributed by atoms with Crippen LogP contribution in [0.15, 0.2) is 34.1 Å². The first kappa shape index (κ1) is 16.1. The Hall–Kier alpha value is -1.73. The van der Waals surface area contributed by atoms with Gasteiger partial charge in [0.2, 0.25) is 0 Å². The molecule has 1 aromatic heterocycles. The standard InChI is InChI=1S/C16H16BrN3O2S/c1-11-18-14(10-23-11)16(22)20-7-5-19(6-8-20)15(21)12-3-2-4-13(17)9-12/h2-4,9-10H,5-8H2,1H3. The monoisotopic (exact) mass is 393 g/mol. The molecule has 1 fully saturated rings. The van der Waals surface area contributed by atoms with Gasteiger partial charge in [-0.1, -0.05) is 22.0 Å². The van der Waals surface area contributed by atoms with Crippen molar-refractivity contribution < 1.29 is 9.59 Å². The molecule has 2 heterocycles. The SMILES string of the molecule is Cc1nc(C(=O)N2CCN(C(=O)c3cccc(Br)c3)CC2)cs1. The van der Waals surface area contributed by atoms with Crippen molar-refractivity contribution in [3.8, 4) is 0 Å². The maximum absolute atomic E-state index is 12.5. The fourth-order valence-corrected chi connectivity index (χ4v) is 3.53. The van der Waals surface area contributed by atoms with Crippen LogP contribution in [0, 0.1) is 6.92 Å². The van der Waals surface area contributed by atoms with Gasteiger partial charge in [-0.15, -0.1) is 11.3 Å². The highest BCUT2D eigenvalue weighted by molar-refractivity contribution is 9.10. The molecule has 3 rings (SSSR count). The molecule has 120 valence electrons. The summed E-state index contributed by atoms with van der Waals surface area (Å²) in [6, 6.07) is 7.37. The van der Waals surface area contributed by atoms with Crippen LogP contribution >= 0.6 is 27.3 Å². The summed E-state index contributed by atoms with van der Waals surface area (Å²) in [5.74, 6) is -0.0493. The van der Waals surface area contributed by atoms with E-state index in [9.17, 15) is 9.59 Å². The average Bonchev–Trinajstić information content (AvgIpc) is 3.00. The molecule has 0 aliphatic carbocycles. The second-order valence-corrected chi connectivity index (χ2v) is 7.32. The summed E-state index contributed by atoms with van der Waals surface area (Å²) < 4.78 is 0.885. The molecular weight excluding hydrogens is 378 g/mol. The number of hydrogen-bond donors (Lipinski definition) is 0. The summed E-state index contributed by atoms with van der Waals surface area (Å²) in [5.41, 5.74) is 1.16. The van der Waals surface area contributed by atoms with Crippen molar-refractivity contribution in [2.75, 3.05) is 26.2 Å². The van der Waals surface area contributed by atoms with Gasteiger partial charge in [0.1, 0.15) is 5.69 Å². The van der Waals surface area contributed by atoms with Crippen LogP contribution in [0.1, 0.15) is 25.9 Å². The summed E-state index contributed by atoms with van der Waals surface area (Å²) in [6.45, 7) is 4.04. The Kier molecular flexibility index (Phi) is 4.77. The van der Waals surface area contributed by atoms with E-state index in [1.165, 1.54) is 11.3 Å². The molecule has 7 heteroatoms. The van der Waals surface area contributed by atoms with Crippen LogP contribution in [0.4, 0.5) is 0 Å². The Balaban J connectivity index is 1.62. The lowest BCUT2D eigenvalue weighted by Crippen LogP contribution is -2.50. The van der Waals surface area contributed by atoms with Crippen molar-refractivity contribution in [3.63, 3.8) is 0 Å². The lowest BCUT2D eigenvalue weighted by Gasteiger charge is -2.34. The summed E-state index contributed by atoms with van der Waals surface area (Å²) >= 11 is 4.85. The number of rotatable bonds is 2. The molecule has 1 aliphatic heterocycles. The fraction of sp³-hybridized carbons (Fsp3) is 0.312. The Morgan fingerprint density at radius 1 is 1.13 bits per heavy atom. The van der Waals surface area contributed by atoms with Crippen molar-refractivity contribution in [1.29, 1.82) is 0 Å². The highest BCUT2D eigenvalue weighted by Gasteiger charge is 2.26. The molecule has 2 aromatic rings. The molecule has 0 unspecified atom stereocenters. The number of carbonyl (C=O) groups is 2. The molecule has 0 bridgehead atoms. The number of aromatic nitrogens is 1. The zero-order chi connectivity index (χ0) is 16.4. The smallest absolute Gasteiger partial charge is 0.273 e. The molecule has 0 spiro atoms. The Morgan fingerprint density at radius 3 is 2.35 bits per heavy atom. The molecule has 0 N–H and O–H groups in total. The van der Waals surface area contributed by atoms with E-state index in [1.54, 1.807) is 15.2 Å². The zero-order valence-electron chi connectivity index (χ0n) is 12.7. The highest BCUT2D eigenvalue weighted by atomic mass is 79.9. The Labute approximate surface area is 147 Å². The number of piperazine rings is 1. The van der Waals surface area contributed by atoms with E-state index >= 15 is 0 Å². The normalized spacial score (nSPS) is 14.9. The summed E-state index contributed by atoms with van der Waals surface area (Å²) in [4.78, 5) is 32.6. The number of benzene rings is 1. The predicted molar refractivity (Wildman–Crippen MR) is 92.8 cm³/mol. The molecule has 0 radical (unpaired) electrons. The maximum atomic E-state index is 12.5. The van der Waals surface area contributed by atoms with Crippen molar-refractivity contribution >= 4 is 39.1 Å². The third-order valence-electron chi connectivity index (χ3n) is 3.76. The molecule has 1 aromatic carbocycles. The van der Waals surface area contributed by atoms with Gasteiger partial charge in [-0.2, -0.15) is 0 Å². The summed E-state index contributed by atoms with van der Waals surface area (Å²) in [6.07, 6.45) is 0. The van der Waals surface area contributed by atoms with Crippen LogP contribution in [-0.4, -0.2) is 52.8 Å². The first-order chi connectivity index (χ1) is 11.0. The number of aryl methyl sites for hydroxylation is 1. The van der Waals surface area contributed by atoms with E-state index in [0.29, 0.717) is 37.4 Å². The maximum Gasteiger partial charge on any atom is 0.273 e. The number of nitrogens with zero attached hydrogens (tertiary/aromatic N) is 3. The molecule has 2 amide bonds.